The fourth-order valence-electron chi connectivity index (χ4n) is 3.93. The zero-order chi connectivity index (χ0) is 22.3. The number of hydrogen-bond donors (Lipinski definition) is 2. The zero-order valence-corrected chi connectivity index (χ0v) is 18.5. The van der Waals surface area contributed by atoms with Gasteiger partial charge in [-0.2, -0.15) is 4.98 Å². The molecule has 1 fully saturated rings. The summed E-state index contributed by atoms with van der Waals surface area (Å²) in [6, 6.07) is 18.1. The van der Waals surface area contributed by atoms with Gasteiger partial charge in [0.25, 0.3) is 11.7 Å². The van der Waals surface area contributed by atoms with Crippen LogP contribution in [0.4, 0.5) is 5.95 Å². The van der Waals surface area contributed by atoms with Crippen LogP contribution < -0.4 is 10.5 Å². The monoisotopic (exact) mass is 448 g/mol. The number of nitrogens with two attached hydrogens (primary N) is 1. The Morgan fingerprint density at radius 1 is 1.03 bits per heavy atom. The van der Waals surface area contributed by atoms with Crippen LogP contribution in [0.2, 0.25) is 0 Å². The first kappa shape index (κ1) is 20.6. The minimum Gasteiger partial charge on any atom is -0.321 e. The van der Waals surface area contributed by atoms with Gasteiger partial charge in [-0.15, -0.1) is 5.10 Å². The SMILES string of the molecule is CCS(=O)(=O)Nc1nc2nc(-c3ccc(C4(N)CCC4)cc3)c(-c3ccccc3)cn2n1. The topological polar surface area (TPSA) is 115 Å². The van der Waals surface area contributed by atoms with Crippen molar-refractivity contribution >= 4 is 21.7 Å². The Bertz CT molecular complexity index is 1380. The summed E-state index contributed by atoms with van der Waals surface area (Å²) in [4.78, 5) is 9.02. The van der Waals surface area contributed by atoms with E-state index in [1.165, 1.54) is 4.52 Å². The smallest absolute Gasteiger partial charge is 0.258 e. The Labute approximate surface area is 186 Å². The van der Waals surface area contributed by atoms with Gasteiger partial charge in [0, 0.05) is 22.9 Å². The fraction of sp³-hybridized carbons (Fsp3) is 0.261. The molecule has 32 heavy (non-hydrogen) atoms. The van der Waals surface area contributed by atoms with Crippen molar-refractivity contribution in [1.29, 1.82) is 0 Å². The predicted molar refractivity (Wildman–Crippen MR) is 124 cm³/mol. The number of benzene rings is 2. The first-order valence-corrected chi connectivity index (χ1v) is 12.3. The molecule has 0 radical (unpaired) electrons. The van der Waals surface area contributed by atoms with Gasteiger partial charge in [-0.05, 0) is 37.3 Å². The standard InChI is InChI=1S/C23H24N6O2S/c1-2-32(30,31)28-21-26-22-25-20(17-9-11-18(12-10-17)23(24)13-6-14-23)19(15-29(22)27-21)16-7-4-3-5-8-16/h3-5,7-12,15H,2,6,13-14,24H2,1H3,(H,27,28). The predicted octanol–water partition coefficient (Wildman–Crippen LogP) is 3.56. The van der Waals surface area contributed by atoms with Crippen LogP contribution in [-0.4, -0.2) is 33.8 Å². The van der Waals surface area contributed by atoms with Crippen molar-refractivity contribution in [3.05, 3.63) is 66.4 Å². The van der Waals surface area contributed by atoms with Crippen LogP contribution in [0.5, 0.6) is 0 Å². The number of nitrogens with one attached hydrogen (secondary N) is 1. The van der Waals surface area contributed by atoms with Crippen molar-refractivity contribution in [1.82, 2.24) is 19.6 Å². The molecule has 2 aromatic carbocycles. The van der Waals surface area contributed by atoms with Gasteiger partial charge in [0.05, 0.1) is 11.4 Å². The summed E-state index contributed by atoms with van der Waals surface area (Å²) >= 11 is 0. The molecular formula is C23H24N6O2S. The summed E-state index contributed by atoms with van der Waals surface area (Å²) < 4.78 is 27.8. The molecule has 8 nitrogen and oxygen atoms in total. The van der Waals surface area contributed by atoms with Crippen LogP contribution in [0.25, 0.3) is 28.2 Å². The number of anilines is 1. The molecule has 164 valence electrons. The maximum atomic E-state index is 11.9. The van der Waals surface area contributed by atoms with E-state index in [-0.39, 0.29) is 17.2 Å². The number of sulfonamides is 1. The molecule has 9 heteroatoms. The molecule has 0 bridgehead atoms. The molecule has 4 aromatic rings. The lowest BCUT2D eigenvalue weighted by Gasteiger charge is -2.38. The molecule has 2 heterocycles. The Kier molecular flexibility index (Phi) is 4.94. The van der Waals surface area contributed by atoms with Crippen LogP contribution in [0.1, 0.15) is 31.7 Å². The van der Waals surface area contributed by atoms with Gasteiger partial charge in [-0.3, -0.25) is 0 Å². The highest BCUT2D eigenvalue weighted by Crippen LogP contribution is 2.39. The third kappa shape index (κ3) is 3.74. The number of hydrogen-bond acceptors (Lipinski definition) is 6. The molecule has 5 rings (SSSR count). The number of fused-ring (bicyclic) bond motifs is 1. The Balaban J connectivity index is 1.62. The summed E-state index contributed by atoms with van der Waals surface area (Å²) in [5, 5.41) is 4.27. The second-order valence-corrected chi connectivity index (χ2v) is 10.2. The van der Waals surface area contributed by atoms with E-state index in [0.29, 0.717) is 5.78 Å². The van der Waals surface area contributed by atoms with Crippen LogP contribution in [0.3, 0.4) is 0 Å². The van der Waals surface area contributed by atoms with Gasteiger partial charge in [0.2, 0.25) is 10.0 Å². The average molecular weight is 449 g/mol. The minimum atomic E-state index is -3.49. The summed E-state index contributed by atoms with van der Waals surface area (Å²) in [7, 11) is -3.49. The third-order valence-corrected chi connectivity index (χ3v) is 7.28. The summed E-state index contributed by atoms with van der Waals surface area (Å²) in [6.45, 7) is 1.56. The summed E-state index contributed by atoms with van der Waals surface area (Å²) in [5.74, 6) is 0.249. The van der Waals surface area contributed by atoms with Crippen LogP contribution >= 0.6 is 0 Å². The van der Waals surface area contributed by atoms with E-state index in [4.69, 9.17) is 10.7 Å². The van der Waals surface area contributed by atoms with Gasteiger partial charge in [-0.25, -0.2) is 22.6 Å². The van der Waals surface area contributed by atoms with E-state index in [0.717, 1.165) is 47.2 Å². The molecular weight excluding hydrogens is 424 g/mol. The van der Waals surface area contributed by atoms with Gasteiger partial charge in [0.15, 0.2) is 0 Å². The second kappa shape index (κ2) is 7.68. The van der Waals surface area contributed by atoms with Crippen molar-refractivity contribution in [3.63, 3.8) is 0 Å². The maximum Gasteiger partial charge on any atom is 0.258 e. The molecule has 1 saturated carbocycles. The fourth-order valence-corrected chi connectivity index (χ4v) is 4.44. The Morgan fingerprint density at radius 2 is 1.75 bits per heavy atom. The van der Waals surface area contributed by atoms with Gasteiger partial charge >= 0.3 is 0 Å². The van der Waals surface area contributed by atoms with E-state index in [9.17, 15) is 8.42 Å². The molecule has 0 spiro atoms. The number of rotatable bonds is 6. The molecule has 0 atom stereocenters. The van der Waals surface area contributed by atoms with E-state index in [1.807, 2.05) is 48.7 Å². The molecule has 2 aromatic heterocycles. The van der Waals surface area contributed by atoms with Crippen molar-refractivity contribution in [2.75, 3.05) is 10.5 Å². The number of aromatic nitrogens is 4. The van der Waals surface area contributed by atoms with Crippen molar-refractivity contribution in [3.8, 4) is 22.4 Å². The lowest BCUT2D eigenvalue weighted by molar-refractivity contribution is 0.253. The molecule has 0 saturated heterocycles. The highest BCUT2D eigenvalue weighted by Gasteiger charge is 2.34. The van der Waals surface area contributed by atoms with Crippen LogP contribution in [0, 0.1) is 0 Å². The molecule has 1 aliphatic rings. The minimum absolute atomic E-state index is 0.000849. The quantitative estimate of drug-likeness (QED) is 0.466. The largest absolute Gasteiger partial charge is 0.321 e. The van der Waals surface area contributed by atoms with Crippen molar-refractivity contribution in [2.24, 2.45) is 5.73 Å². The summed E-state index contributed by atoms with van der Waals surface area (Å²) in [6.07, 6.45) is 4.99. The number of nitrogens with zero attached hydrogens (tertiary/aromatic N) is 4. The van der Waals surface area contributed by atoms with Crippen molar-refractivity contribution in [2.45, 2.75) is 31.7 Å². The van der Waals surface area contributed by atoms with Gasteiger partial charge in [0.1, 0.15) is 0 Å². The zero-order valence-electron chi connectivity index (χ0n) is 17.7. The molecule has 0 unspecified atom stereocenters. The molecule has 0 aliphatic heterocycles. The van der Waals surface area contributed by atoms with Crippen LogP contribution in [0.15, 0.2) is 60.8 Å². The third-order valence-electron chi connectivity index (χ3n) is 6.02. The summed E-state index contributed by atoms with van der Waals surface area (Å²) in [5.41, 5.74) is 10.9. The highest BCUT2D eigenvalue weighted by molar-refractivity contribution is 7.92. The molecule has 1 aliphatic carbocycles. The Morgan fingerprint density at radius 3 is 2.38 bits per heavy atom. The average Bonchev–Trinajstić information content (AvgIpc) is 3.17. The first-order valence-electron chi connectivity index (χ1n) is 10.6. The first-order chi connectivity index (χ1) is 15.4. The molecule has 3 N–H and O–H groups in total. The molecule has 0 amide bonds. The van der Waals surface area contributed by atoms with Crippen LogP contribution in [-0.2, 0) is 15.6 Å². The maximum absolute atomic E-state index is 11.9. The van der Waals surface area contributed by atoms with E-state index in [2.05, 4.69) is 26.9 Å². The lowest BCUT2D eigenvalue weighted by Crippen LogP contribution is -2.43. The Hall–Kier alpha value is -3.30. The van der Waals surface area contributed by atoms with E-state index >= 15 is 0 Å². The van der Waals surface area contributed by atoms with E-state index < -0.39 is 10.0 Å². The van der Waals surface area contributed by atoms with Crippen molar-refractivity contribution < 1.29 is 8.42 Å². The highest BCUT2D eigenvalue weighted by atomic mass is 32.2. The normalized spacial score (nSPS) is 15.4. The lowest BCUT2D eigenvalue weighted by atomic mass is 9.72. The van der Waals surface area contributed by atoms with E-state index in [1.54, 1.807) is 6.92 Å². The van der Waals surface area contributed by atoms with Gasteiger partial charge in [-0.1, -0.05) is 54.6 Å². The van der Waals surface area contributed by atoms with Gasteiger partial charge < -0.3 is 5.73 Å². The second-order valence-electron chi connectivity index (χ2n) is 8.14.